The second-order valence-electron chi connectivity index (χ2n) is 4.97. The first-order valence-electron chi connectivity index (χ1n) is 6.19. The number of carbonyl (C=O) groups is 2. The highest BCUT2D eigenvalue weighted by molar-refractivity contribution is 5.96. The molecule has 98 valence electrons. The number of carbonyl (C=O) groups excluding carboxylic acids is 1. The molecule has 1 rings (SSSR count). The normalized spacial score (nSPS) is 20.2. The highest BCUT2D eigenvalue weighted by atomic mass is 16.4. The zero-order chi connectivity index (χ0) is 13.0. The molecule has 0 aromatic carbocycles. The number of hydrogen-bond donors (Lipinski definition) is 2. The fourth-order valence-corrected chi connectivity index (χ4v) is 2.00. The van der Waals surface area contributed by atoms with Gasteiger partial charge >= 0.3 is 5.97 Å². The number of amides is 1. The number of carboxylic acid groups (broad SMARTS) is 1. The molecule has 0 aromatic rings. The molecule has 2 N–H and O–H groups in total. The van der Waals surface area contributed by atoms with Crippen LogP contribution in [0, 0.1) is 5.92 Å². The Hall–Kier alpha value is -1.10. The summed E-state index contributed by atoms with van der Waals surface area (Å²) in [6.45, 7) is 7.66. The quantitative estimate of drug-likeness (QED) is 0.712. The Morgan fingerprint density at radius 3 is 2.18 bits per heavy atom. The number of nitrogens with zero attached hydrogens (tertiary/aromatic N) is 1. The van der Waals surface area contributed by atoms with Gasteiger partial charge in [0.2, 0.25) is 5.91 Å². The number of hydrogen-bond acceptors (Lipinski definition) is 3. The van der Waals surface area contributed by atoms with Crippen LogP contribution >= 0.6 is 0 Å². The fraction of sp³-hybridized carbons (Fsp3) is 0.833. The number of aliphatic carboxylic acids is 1. The Morgan fingerprint density at radius 1 is 1.24 bits per heavy atom. The first-order chi connectivity index (χ1) is 7.91. The van der Waals surface area contributed by atoms with Gasteiger partial charge < -0.3 is 15.3 Å². The number of likely N-dealkylation sites (tertiary alicyclic amines) is 1. The first-order valence-corrected chi connectivity index (χ1v) is 6.19. The van der Waals surface area contributed by atoms with Gasteiger partial charge in [-0.05, 0) is 33.6 Å². The summed E-state index contributed by atoms with van der Waals surface area (Å²) in [5.74, 6) is -2.40. The van der Waals surface area contributed by atoms with E-state index in [1.807, 2.05) is 0 Å². The van der Waals surface area contributed by atoms with Crippen LogP contribution in [0.4, 0.5) is 0 Å². The van der Waals surface area contributed by atoms with Crippen LogP contribution in [-0.2, 0) is 9.59 Å². The summed E-state index contributed by atoms with van der Waals surface area (Å²) in [6, 6.07) is 0.656. The van der Waals surface area contributed by atoms with E-state index in [0.717, 1.165) is 25.9 Å². The summed E-state index contributed by atoms with van der Waals surface area (Å²) >= 11 is 0. The number of piperidine rings is 1. The molecule has 0 bridgehead atoms. The van der Waals surface area contributed by atoms with Gasteiger partial charge in [0.25, 0.3) is 0 Å². The SMILES string of the molecule is CC(C(=O)O)C(=O)NC1CCN(C(C)C)CC1. The third kappa shape index (κ3) is 4.00. The Bertz CT molecular complexity index is 283. The lowest BCUT2D eigenvalue weighted by atomic mass is 10.0. The number of rotatable bonds is 4. The van der Waals surface area contributed by atoms with Crippen LogP contribution in [0.2, 0.25) is 0 Å². The van der Waals surface area contributed by atoms with Crippen LogP contribution in [0.3, 0.4) is 0 Å². The van der Waals surface area contributed by atoms with Crippen molar-refractivity contribution in [2.24, 2.45) is 5.92 Å². The molecule has 5 nitrogen and oxygen atoms in total. The molecule has 1 aliphatic heterocycles. The van der Waals surface area contributed by atoms with E-state index in [0.29, 0.717) is 6.04 Å². The average Bonchev–Trinajstić information content (AvgIpc) is 2.28. The van der Waals surface area contributed by atoms with Gasteiger partial charge in [-0.1, -0.05) is 0 Å². The lowest BCUT2D eigenvalue weighted by Gasteiger charge is -2.35. The summed E-state index contributed by atoms with van der Waals surface area (Å²) in [5, 5.41) is 11.5. The number of nitrogens with one attached hydrogen (secondary N) is 1. The Morgan fingerprint density at radius 2 is 1.76 bits per heavy atom. The molecule has 0 spiro atoms. The minimum atomic E-state index is -1.07. The molecule has 0 aliphatic carbocycles. The summed E-state index contributed by atoms with van der Waals surface area (Å²) < 4.78 is 0. The second-order valence-corrected chi connectivity index (χ2v) is 4.97. The number of carboxylic acids is 1. The fourth-order valence-electron chi connectivity index (χ4n) is 2.00. The summed E-state index contributed by atoms with van der Waals surface area (Å²) in [5.41, 5.74) is 0. The van der Waals surface area contributed by atoms with Crippen molar-refractivity contribution in [3.8, 4) is 0 Å². The molecular weight excluding hydrogens is 220 g/mol. The van der Waals surface area contributed by atoms with Crippen LogP contribution in [-0.4, -0.2) is 47.1 Å². The highest BCUT2D eigenvalue weighted by Gasteiger charge is 2.26. The molecule has 1 amide bonds. The molecule has 17 heavy (non-hydrogen) atoms. The van der Waals surface area contributed by atoms with Gasteiger partial charge in [0.1, 0.15) is 5.92 Å². The monoisotopic (exact) mass is 242 g/mol. The topological polar surface area (TPSA) is 69.6 Å². The molecule has 0 aromatic heterocycles. The van der Waals surface area contributed by atoms with Crippen molar-refractivity contribution in [2.75, 3.05) is 13.1 Å². The molecule has 1 aliphatic rings. The van der Waals surface area contributed by atoms with Gasteiger partial charge in [-0.25, -0.2) is 0 Å². The Kier molecular flexibility index (Phi) is 4.93. The largest absolute Gasteiger partial charge is 0.481 e. The van der Waals surface area contributed by atoms with E-state index < -0.39 is 11.9 Å². The van der Waals surface area contributed by atoms with Crippen molar-refractivity contribution in [1.82, 2.24) is 10.2 Å². The Labute approximate surface area is 102 Å². The minimum Gasteiger partial charge on any atom is -0.481 e. The van der Waals surface area contributed by atoms with E-state index in [-0.39, 0.29) is 11.9 Å². The van der Waals surface area contributed by atoms with E-state index >= 15 is 0 Å². The first kappa shape index (κ1) is 14.0. The summed E-state index contributed by atoms with van der Waals surface area (Å²) in [6.07, 6.45) is 1.80. The van der Waals surface area contributed by atoms with Gasteiger partial charge in [0, 0.05) is 25.2 Å². The summed E-state index contributed by atoms with van der Waals surface area (Å²) in [4.78, 5) is 24.6. The second kappa shape index (κ2) is 6.00. The predicted octanol–water partition coefficient (Wildman–Crippen LogP) is 0.696. The maximum Gasteiger partial charge on any atom is 0.315 e. The van der Waals surface area contributed by atoms with Crippen LogP contribution < -0.4 is 5.32 Å². The highest BCUT2D eigenvalue weighted by Crippen LogP contribution is 2.13. The van der Waals surface area contributed by atoms with E-state index in [2.05, 4.69) is 24.1 Å². The molecule has 1 unspecified atom stereocenters. The van der Waals surface area contributed by atoms with Crippen LogP contribution in [0.5, 0.6) is 0 Å². The maximum absolute atomic E-state index is 11.6. The third-order valence-corrected chi connectivity index (χ3v) is 3.37. The van der Waals surface area contributed by atoms with E-state index in [4.69, 9.17) is 5.11 Å². The molecule has 1 heterocycles. The van der Waals surface area contributed by atoms with E-state index in [1.165, 1.54) is 6.92 Å². The van der Waals surface area contributed by atoms with Crippen molar-refractivity contribution >= 4 is 11.9 Å². The average molecular weight is 242 g/mol. The zero-order valence-electron chi connectivity index (χ0n) is 10.8. The van der Waals surface area contributed by atoms with Gasteiger partial charge in [-0.3, -0.25) is 9.59 Å². The van der Waals surface area contributed by atoms with Gasteiger partial charge in [0.05, 0.1) is 0 Å². The Balaban J connectivity index is 2.36. The van der Waals surface area contributed by atoms with Crippen LogP contribution in [0.25, 0.3) is 0 Å². The van der Waals surface area contributed by atoms with E-state index in [1.54, 1.807) is 0 Å². The smallest absolute Gasteiger partial charge is 0.315 e. The van der Waals surface area contributed by atoms with Gasteiger partial charge in [-0.15, -0.1) is 0 Å². The molecule has 1 saturated heterocycles. The van der Waals surface area contributed by atoms with E-state index in [9.17, 15) is 9.59 Å². The van der Waals surface area contributed by atoms with Gasteiger partial charge in [-0.2, -0.15) is 0 Å². The lowest BCUT2D eigenvalue weighted by molar-refractivity contribution is -0.146. The molecule has 1 fully saturated rings. The predicted molar refractivity (Wildman–Crippen MR) is 64.7 cm³/mol. The van der Waals surface area contributed by atoms with Crippen molar-refractivity contribution in [3.05, 3.63) is 0 Å². The molecule has 0 saturated carbocycles. The summed E-state index contributed by atoms with van der Waals surface area (Å²) in [7, 11) is 0. The molecule has 0 radical (unpaired) electrons. The maximum atomic E-state index is 11.6. The molecular formula is C12H22N2O3. The van der Waals surface area contributed by atoms with Crippen molar-refractivity contribution < 1.29 is 14.7 Å². The molecule has 5 heteroatoms. The van der Waals surface area contributed by atoms with Crippen molar-refractivity contribution in [1.29, 1.82) is 0 Å². The third-order valence-electron chi connectivity index (χ3n) is 3.37. The van der Waals surface area contributed by atoms with Crippen LogP contribution in [0.1, 0.15) is 33.6 Å². The zero-order valence-corrected chi connectivity index (χ0v) is 10.8. The molecule has 1 atom stereocenters. The van der Waals surface area contributed by atoms with Gasteiger partial charge in [0.15, 0.2) is 0 Å². The van der Waals surface area contributed by atoms with Crippen LogP contribution in [0.15, 0.2) is 0 Å². The van der Waals surface area contributed by atoms with Crippen molar-refractivity contribution in [2.45, 2.75) is 45.7 Å². The minimum absolute atomic E-state index is 0.124. The van der Waals surface area contributed by atoms with Crippen molar-refractivity contribution in [3.63, 3.8) is 0 Å². The standard InChI is InChI=1S/C12H22N2O3/c1-8(2)14-6-4-10(5-7-14)13-11(15)9(3)12(16)17/h8-10H,4-7H2,1-3H3,(H,13,15)(H,16,17). The lowest BCUT2D eigenvalue weighted by Crippen LogP contribution is -2.48.